The first-order chi connectivity index (χ1) is 10.1. The smallest absolute Gasteiger partial charge is 0.170 e. The maximum atomic E-state index is 12.2. The minimum absolute atomic E-state index is 0.0700. The van der Waals surface area contributed by atoms with E-state index in [0.29, 0.717) is 22.8 Å². The predicted octanol–water partition coefficient (Wildman–Crippen LogP) is 3.75. The van der Waals surface area contributed by atoms with E-state index in [4.69, 9.17) is 4.74 Å². The van der Waals surface area contributed by atoms with Crippen LogP contribution >= 0.6 is 0 Å². The molecular weight excluding hydrogens is 264 g/mol. The zero-order valence-electron chi connectivity index (χ0n) is 12.1. The molecule has 0 aliphatic carbocycles. The fourth-order valence-corrected chi connectivity index (χ4v) is 2.04. The average Bonchev–Trinajstić information content (AvgIpc) is 2.55. The molecule has 0 saturated heterocycles. The number of carbonyl (C=O) groups is 2. The Kier molecular flexibility index (Phi) is 4.88. The summed E-state index contributed by atoms with van der Waals surface area (Å²) >= 11 is 0. The van der Waals surface area contributed by atoms with Crippen LogP contribution in [-0.4, -0.2) is 18.7 Å². The number of Topliss-reactive ketones (excluding diaryl/α,β-unsaturated/α-hetero) is 2. The van der Waals surface area contributed by atoms with Crippen LogP contribution in [0.2, 0.25) is 0 Å². The van der Waals surface area contributed by atoms with Crippen molar-refractivity contribution in [1.29, 1.82) is 0 Å². The van der Waals surface area contributed by atoms with Crippen LogP contribution in [0.25, 0.3) is 0 Å². The van der Waals surface area contributed by atoms with E-state index in [1.807, 2.05) is 18.2 Å². The zero-order chi connectivity index (χ0) is 15.2. The van der Waals surface area contributed by atoms with Crippen molar-refractivity contribution in [1.82, 2.24) is 0 Å². The summed E-state index contributed by atoms with van der Waals surface area (Å²) < 4.78 is 5.06. The monoisotopic (exact) mass is 281 g/mol. The van der Waals surface area contributed by atoms with Crippen molar-refractivity contribution in [2.75, 3.05) is 7.11 Å². The van der Waals surface area contributed by atoms with Gasteiger partial charge in [-0.25, -0.2) is 0 Å². The molecule has 0 unspecified atom stereocenters. The number of hydrogen-bond donors (Lipinski definition) is 0. The van der Waals surface area contributed by atoms with Crippen LogP contribution in [0, 0.1) is 5.92 Å². The van der Waals surface area contributed by atoms with Gasteiger partial charge in [0, 0.05) is 17.5 Å². The Hall–Kier alpha value is -2.42. The van der Waals surface area contributed by atoms with E-state index < -0.39 is 0 Å². The lowest BCUT2D eigenvalue weighted by Gasteiger charge is -2.09. The topological polar surface area (TPSA) is 43.4 Å². The standard InChI is InChI=1S/C18H17O3/c1-13(18(20)15-6-4-3-5-7-15)12-17(19)14-8-10-16(21-2)11-9-14/h3-11H,12H2,1-2H3. The van der Waals surface area contributed by atoms with Crippen LogP contribution in [-0.2, 0) is 0 Å². The van der Waals surface area contributed by atoms with Gasteiger partial charge in [-0.3, -0.25) is 9.59 Å². The van der Waals surface area contributed by atoms with Gasteiger partial charge in [0.05, 0.1) is 13.0 Å². The molecule has 107 valence electrons. The maximum absolute atomic E-state index is 12.2. The molecule has 0 fully saturated rings. The van der Waals surface area contributed by atoms with Crippen LogP contribution in [0.15, 0.2) is 54.6 Å². The van der Waals surface area contributed by atoms with Crippen molar-refractivity contribution in [3.63, 3.8) is 0 Å². The lowest BCUT2D eigenvalue weighted by Crippen LogP contribution is -2.14. The molecule has 0 N–H and O–H groups in total. The van der Waals surface area contributed by atoms with Crippen LogP contribution in [0.4, 0.5) is 0 Å². The number of rotatable bonds is 6. The highest BCUT2D eigenvalue weighted by Crippen LogP contribution is 2.18. The summed E-state index contributed by atoms with van der Waals surface area (Å²) in [6, 6.07) is 15.9. The Morgan fingerprint density at radius 1 is 0.905 bits per heavy atom. The highest BCUT2D eigenvalue weighted by molar-refractivity contribution is 6.10. The average molecular weight is 281 g/mol. The largest absolute Gasteiger partial charge is 0.497 e. The molecule has 0 aliphatic rings. The van der Waals surface area contributed by atoms with E-state index in [2.05, 4.69) is 0 Å². The summed E-state index contributed by atoms with van der Waals surface area (Å²) in [5.74, 6) is 1.09. The van der Waals surface area contributed by atoms with E-state index >= 15 is 0 Å². The number of hydrogen-bond acceptors (Lipinski definition) is 3. The second-order valence-corrected chi connectivity index (χ2v) is 4.80. The fraction of sp³-hybridized carbons (Fsp3) is 0.167. The van der Waals surface area contributed by atoms with Gasteiger partial charge < -0.3 is 4.74 Å². The molecule has 0 bridgehead atoms. The van der Waals surface area contributed by atoms with Gasteiger partial charge in [0.25, 0.3) is 0 Å². The van der Waals surface area contributed by atoms with Gasteiger partial charge in [0.2, 0.25) is 0 Å². The first kappa shape index (κ1) is 15.0. The number of methoxy groups -OCH3 is 1. The Labute approximate surface area is 124 Å². The molecule has 0 saturated carbocycles. The van der Waals surface area contributed by atoms with Crippen LogP contribution in [0.5, 0.6) is 5.75 Å². The molecule has 1 radical (unpaired) electrons. The van der Waals surface area contributed by atoms with E-state index in [1.54, 1.807) is 50.4 Å². The molecule has 21 heavy (non-hydrogen) atoms. The third-order valence-corrected chi connectivity index (χ3v) is 3.26. The van der Waals surface area contributed by atoms with Crippen molar-refractivity contribution in [3.8, 4) is 5.75 Å². The molecule has 0 aromatic heterocycles. The summed E-state index contributed by atoms with van der Waals surface area (Å²) in [7, 11) is 1.58. The van der Waals surface area contributed by atoms with Crippen LogP contribution in [0.1, 0.15) is 34.1 Å². The third kappa shape index (κ3) is 3.78. The van der Waals surface area contributed by atoms with E-state index in [9.17, 15) is 9.59 Å². The SMILES string of the molecule is COc1ccc(C(=O)C[C](C)C(=O)c2ccccc2)cc1. The Morgan fingerprint density at radius 3 is 2.10 bits per heavy atom. The number of ketones is 2. The van der Waals surface area contributed by atoms with Crippen LogP contribution in [0.3, 0.4) is 0 Å². The molecule has 2 rings (SSSR count). The summed E-state index contributed by atoms with van der Waals surface area (Å²) in [6.07, 6.45) is 0.125. The molecule has 2 aromatic carbocycles. The molecule has 3 heteroatoms. The lowest BCUT2D eigenvalue weighted by molar-refractivity contribution is 0.0939. The number of ether oxygens (including phenoxy) is 1. The molecule has 3 nitrogen and oxygen atoms in total. The van der Waals surface area contributed by atoms with Gasteiger partial charge >= 0.3 is 0 Å². The maximum Gasteiger partial charge on any atom is 0.170 e. The van der Waals surface area contributed by atoms with Crippen molar-refractivity contribution < 1.29 is 14.3 Å². The molecule has 0 atom stereocenters. The first-order valence-corrected chi connectivity index (χ1v) is 6.71. The van der Waals surface area contributed by atoms with Gasteiger partial charge in [-0.05, 0) is 24.3 Å². The van der Waals surface area contributed by atoms with E-state index in [1.165, 1.54) is 0 Å². The summed E-state index contributed by atoms with van der Waals surface area (Å²) in [5, 5.41) is 0. The van der Waals surface area contributed by atoms with Crippen LogP contribution < -0.4 is 4.74 Å². The van der Waals surface area contributed by atoms with Gasteiger partial charge in [0.1, 0.15) is 5.75 Å². The van der Waals surface area contributed by atoms with Crippen molar-refractivity contribution in [2.24, 2.45) is 0 Å². The second-order valence-electron chi connectivity index (χ2n) is 4.80. The molecule has 2 aromatic rings. The summed E-state index contributed by atoms with van der Waals surface area (Å²) in [4.78, 5) is 24.4. The predicted molar refractivity (Wildman–Crippen MR) is 81.6 cm³/mol. The molecule has 0 heterocycles. The molecule has 0 spiro atoms. The Bertz CT molecular complexity index is 615. The van der Waals surface area contributed by atoms with Gasteiger partial charge in [0.15, 0.2) is 11.6 Å². The van der Waals surface area contributed by atoms with Gasteiger partial charge in [-0.15, -0.1) is 0 Å². The highest BCUT2D eigenvalue weighted by atomic mass is 16.5. The number of benzene rings is 2. The molecular formula is C18H17O3. The van der Waals surface area contributed by atoms with Crippen molar-refractivity contribution in [2.45, 2.75) is 13.3 Å². The highest BCUT2D eigenvalue weighted by Gasteiger charge is 2.20. The number of carbonyl (C=O) groups excluding carboxylic acids is 2. The first-order valence-electron chi connectivity index (χ1n) is 6.71. The Morgan fingerprint density at radius 2 is 1.52 bits per heavy atom. The minimum atomic E-state index is -0.0857. The van der Waals surface area contributed by atoms with E-state index in [-0.39, 0.29) is 18.0 Å². The van der Waals surface area contributed by atoms with E-state index in [0.717, 1.165) is 0 Å². The minimum Gasteiger partial charge on any atom is -0.497 e. The van der Waals surface area contributed by atoms with Gasteiger partial charge in [-0.1, -0.05) is 37.3 Å². The van der Waals surface area contributed by atoms with Crippen molar-refractivity contribution >= 4 is 11.6 Å². The summed E-state index contributed by atoms with van der Waals surface area (Å²) in [6.45, 7) is 1.71. The third-order valence-electron chi connectivity index (χ3n) is 3.26. The quantitative estimate of drug-likeness (QED) is 0.757. The zero-order valence-corrected chi connectivity index (χ0v) is 12.1. The fourth-order valence-electron chi connectivity index (χ4n) is 2.04. The molecule has 0 aliphatic heterocycles. The second kappa shape index (κ2) is 6.84. The Balaban J connectivity index is 2.03. The summed E-state index contributed by atoms with van der Waals surface area (Å²) in [5.41, 5.74) is 1.19. The van der Waals surface area contributed by atoms with Gasteiger partial charge in [-0.2, -0.15) is 0 Å². The normalized spacial score (nSPS) is 10.4. The molecule has 0 amide bonds. The van der Waals surface area contributed by atoms with Crippen molar-refractivity contribution in [3.05, 3.63) is 71.6 Å². The lowest BCUT2D eigenvalue weighted by atomic mass is 9.92.